The number of amides is 1. The Morgan fingerprint density at radius 2 is 1.89 bits per heavy atom. The molecule has 2 aliphatic rings. The van der Waals surface area contributed by atoms with Crippen molar-refractivity contribution in [2.45, 2.75) is 24.3 Å². The number of rotatable bonds is 4. The van der Waals surface area contributed by atoms with Crippen molar-refractivity contribution in [1.29, 1.82) is 0 Å². The van der Waals surface area contributed by atoms with E-state index in [0.29, 0.717) is 38.0 Å². The van der Waals surface area contributed by atoms with E-state index in [1.165, 1.54) is 10.6 Å². The molecule has 0 radical (unpaired) electrons. The van der Waals surface area contributed by atoms with Gasteiger partial charge in [0.05, 0.1) is 31.5 Å². The van der Waals surface area contributed by atoms with Crippen molar-refractivity contribution < 1.29 is 23.1 Å². The van der Waals surface area contributed by atoms with Gasteiger partial charge in [0, 0.05) is 67.2 Å². The van der Waals surface area contributed by atoms with Gasteiger partial charge in [-0.1, -0.05) is 0 Å². The zero-order valence-electron chi connectivity index (χ0n) is 20.1. The van der Waals surface area contributed by atoms with Gasteiger partial charge in [-0.2, -0.15) is 0 Å². The standard InChI is InChI=1S/C25H30N4O5S/c1-27-20-14-18(34-2)4-5-19(20)22-23(27)21(15-30)29(24(31)17-6-10-26-11-7-17)16-25(22)8-12-28(13-9-25)35(3,32)33/h4-7,10-11,14,21,30H,8-9,12-13,15-16H2,1-3H3/t21-/m0/s1. The Labute approximate surface area is 205 Å². The van der Waals surface area contributed by atoms with Gasteiger partial charge in [-0.05, 0) is 42.7 Å². The molecule has 1 amide bonds. The monoisotopic (exact) mass is 498 g/mol. The average Bonchev–Trinajstić information content (AvgIpc) is 3.16. The number of aliphatic hydroxyl groups is 1. The molecule has 1 fully saturated rings. The van der Waals surface area contributed by atoms with Gasteiger partial charge in [0.2, 0.25) is 10.0 Å². The fourth-order valence-corrected chi connectivity index (χ4v) is 6.73. The Balaban J connectivity index is 1.70. The number of aryl methyl sites for hydroxylation is 1. The number of carbonyl (C=O) groups excluding carboxylic acids is 1. The van der Waals surface area contributed by atoms with E-state index in [1.807, 2.05) is 29.8 Å². The molecule has 0 unspecified atom stereocenters. The number of nitrogens with zero attached hydrogens (tertiary/aromatic N) is 4. The zero-order valence-corrected chi connectivity index (χ0v) is 21.0. The first-order valence-corrected chi connectivity index (χ1v) is 13.5. The summed E-state index contributed by atoms with van der Waals surface area (Å²) in [7, 11) is 0.261. The fraction of sp³-hybridized carbons (Fsp3) is 0.440. The fourth-order valence-electron chi connectivity index (χ4n) is 5.89. The van der Waals surface area contributed by atoms with E-state index in [-0.39, 0.29) is 12.5 Å². The third-order valence-electron chi connectivity index (χ3n) is 7.66. The second kappa shape index (κ2) is 8.61. The third kappa shape index (κ3) is 3.80. The Morgan fingerprint density at radius 1 is 1.20 bits per heavy atom. The Hall–Kier alpha value is -2.95. The normalized spacial score (nSPS) is 20.2. The van der Waals surface area contributed by atoms with Crippen LogP contribution in [0.3, 0.4) is 0 Å². The Morgan fingerprint density at radius 3 is 2.49 bits per heavy atom. The molecule has 10 heteroatoms. The molecule has 1 atom stereocenters. The van der Waals surface area contributed by atoms with E-state index in [1.54, 1.807) is 36.5 Å². The van der Waals surface area contributed by atoms with Crippen molar-refractivity contribution in [3.8, 4) is 5.75 Å². The van der Waals surface area contributed by atoms with Crippen molar-refractivity contribution >= 4 is 26.8 Å². The maximum atomic E-state index is 13.7. The first kappa shape index (κ1) is 23.8. The van der Waals surface area contributed by atoms with Crippen LogP contribution in [0.1, 0.15) is 40.5 Å². The van der Waals surface area contributed by atoms with Crippen LogP contribution >= 0.6 is 0 Å². The molecular formula is C25H30N4O5S. The summed E-state index contributed by atoms with van der Waals surface area (Å²) in [5.41, 5.74) is 3.00. The molecule has 0 saturated carbocycles. The maximum Gasteiger partial charge on any atom is 0.254 e. The molecule has 0 bridgehead atoms. The summed E-state index contributed by atoms with van der Waals surface area (Å²) >= 11 is 0. The molecule has 1 aromatic carbocycles. The second-order valence-corrected chi connectivity index (χ2v) is 11.5. The second-order valence-electron chi connectivity index (χ2n) is 9.51. The minimum Gasteiger partial charge on any atom is -0.497 e. The van der Waals surface area contributed by atoms with Crippen molar-refractivity contribution in [2.24, 2.45) is 7.05 Å². The van der Waals surface area contributed by atoms with E-state index in [4.69, 9.17) is 4.74 Å². The molecule has 5 rings (SSSR count). The summed E-state index contributed by atoms with van der Waals surface area (Å²) in [5, 5.41) is 11.6. The highest BCUT2D eigenvalue weighted by Crippen LogP contribution is 2.50. The van der Waals surface area contributed by atoms with Crippen LogP contribution in [0.4, 0.5) is 0 Å². The van der Waals surface area contributed by atoms with Crippen LogP contribution in [0.2, 0.25) is 0 Å². The van der Waals surface area contributed by atoms with Gasteiger partial charge in [0.15, 0.2) is 0 Å². The van der Waals surface area contributed by atoms with Crippen molar-refractivity contribution in [2.75, 3.05) is 39.6 Å². The number of hydrogen-bond acceptors (Lipinski definition) is 6. The highest BCUT2D eigenvalue weighted by Gasteiger charge is 2.50. The van der Waals surface area contributed by atoms with Crippen molar-refractivity contribution in [1.82, 2.24) is 18.8 Å². The number of aromatic nitrogens is 2. The lowest BCUT2D eigenvalue weighted by Gasteiger charge is -2.50. The quantitative estimate of drug-likeness (QED) is 0.591. The largest absolute Gasteiger partial charge is 0.497 e. The number of benzene rings is 1. The van der Waals surface area contributed by atoms with E-state index in [2.05, 4.69) is 4.98 Å². The van der Waals surface area contributed by atoms with E-state index >= 15 is 0 Å². The number of methoxy groups -OCH3 is 1. The lowest BCUT2D eigenvalue weighted by Crippen LogP contribution is -2.56. The number of pyridine rings is 1. The smallest absolute Gasteiger partial charge is 0.254 e. The summed E-state index contributed by atoms with van der Waals surface area (Å²) in [6, 6.07) is 8.75. The number of sulfonamides is 1. The Bertz CT molecular complexity index is 1380. The lowest BCUT2D eigenvalue weighted by molar-refractivity contribution is 0.0378. The van der Waals surface area contributed by atoms with Crippen LogP contribution < -0.4 is 4.74 Å². The van der Waals surface area contributed by atoms with Crippen LogP contribution in [0.25, 0.3) is 10.9 Å². The van der Waals surface area contributed by atoms with Gasteiger partial charge in [0.1, 0.15) is 5.75 Å². The molecular weight excluding hydrogens is 468 g/mol. The van der Waals surface area contributed by atoms with Crippen LogP contribution in [-0.2, 0) is 22.5 Å². The molecule has 2 aromatic heterocycles. The molecule has 35 heavy (non-hydrogen) atoms. The summed E-state index contributed by atoms with van der Waals surface area (Å²) in [4.78, 5) is 19.5. The van der Waals surface area contributed by atoms with Gasteiger partial charge < -0.3 is 19.3 Å². The van der Waals surface area contributed by atoms with Crippen molar-refractivity contribution in [3.05, 3.63) is 59.5 Å². The SMILES string of the molecule is COc1ccc2c3c(n(C)c2c1)[C@H](CO)N(C(=O)c1ccncc1)CC31CCN(S(C)(=O)=O)CC1. The topological polar surface area (TPSA) is 105 Å². The molecule has 1 N–H and O–H groups in total. The summed E-state index contributed by atoms with van der Waals surface area (Å²) < 4.78 is 33.5. The van der Waals surface area contributed by atoms with E-state index in [9.17, 15) is 18.3 Å². The number of hydrogen-bond donors (Lipinski definition) is 1. The molecule has 3 aromatic rings. The van der Waals surface area contributed by atoms with Crippen LogP contribution in [0.5, 0.6) is 5.75 Å². The highest BCUT2D eigenvalue weighted by atomic mass is 32.2. The average molecular weight is 499 g/mol. The minimum absolute atomic E-state index is 0.176. The first-order valence-electron chi connectivity index (χ1n) is 11.6. The molecule has 1 spiro atoms. The van der Waals surface area contributed by atoms with E-state index in [0.717, 1.165) is 27.9 Å². The third-order valence-corrected chi connectivity index (χ3v) is 8.96. The van der Waals surface area contributed by atoms with Gasteiger partial charge in [-0.25, -0.2) is 12.7 Å². The van der Waals surface area contributed by atoms with E-state index < -0.39 is 21.5 Å². The number of piperidine rings is 1. The van der Waals surface area contributed by atoms with Gasteiger partial charge in [0.25, 0.3) is 5.91 Å². The number of carbonyl (C=O) groups is 1. The molecule has 2 aliphatic heterocycles. The molecule has 0 aliphatic carbocycles. The predicted molar refractivity (Wildman–Crippen MR) is 132 cm³/mol. The number of aliphatic hydroxyl groups excluding tert-OH is 1. The lowest BCUT2D eigenvalue weighted by atomic mass is 9.68. The summed E-state index contributed by atoms with van der Waals surface area (Å²) in [6.07, 6.45) is 5.57. The van der Waals surface area contributed by atoms with Crippen LogP contribution in [-0.4, -0.2) is 77.8 Å². The van der Waals surface area contributed by atoms with Gasteiger partial charge in [-0.3, -0.25) is 9.78 Å². The van der Waals surface area contributed by atoms with Crippen LogP contribution in [0, 0.1) is 0 Å². The molecule has 4 heterocycles. The number of ether oxygens (including phenoxy) is 1. The zero-order chi connectivity index (χ0) is 25.0. The Kier molecular flexibility index (Phi) is 5.85. The minimum atomic E-state index is -3.31. The number of fused-ring (bicyclic) bond motifs is 4. The summed E-state index contributed by atoms with van der Waals surface area (Å²) in [6.45, 7) is 0.934. The first-order chi connectivity index (χ1) is 16.7. The summed E-state index contributed by atoms with van der Waals surface area (Å²) in [5.74, 6) is 0.548. The molecule has 1 saturated heterocycles. The van der Waals surface area contributed by atoms with Crippen LogP contribution in [0.15, 0.2) is 42.7 Å². The predicted octanol–water partition coefficient (Wildman–Crippen LogP) is 2.06. The van der Waals surface area contributed by atoms with Crippen molar-refractivity contribution in [3.63, 3.8) is 0 Å². The maximum absolute atomic E-state index is 13.7. The molecule has 186 valence electrons. The highest BCUT2D eigenvalue weighted by molar-refractivity contribution is 7.88. The van der Waals surface area contributed by atoms with Gasteiger partial charge in [-0.15, -0.1) is 0 Å². The van der Waals surface area contributed by atoms with Gasteiger partial charge >= 0.3 is 0 Å². The molecule has 9 nitrogen and oxygen atoms in total.